The van der Waals surface area contributed by atoms with Crippen molar-refractivity contribution >= 4 is 17.3 Å². The van der Waals surface area contributed by atoms with Crippen molar-refractivity contribution in [3.05, 3.63) is 58.7 Å². The molecule has 0 spiro atoms. The van der Waals surface area contributed by atoms with E-state index in [-0.39, 0.29) is 5.91 Å². The molecular formula is C24H34F3N3O. The summed E-state index contributed by atoms with van der Waals surface area (Å²) in [5, 5.41) is 2.77. The number of alkyl halides is 3. The Balaban J connectivity index is 0.00000233. The maximum Gasteiger partial charge on any atom is 0.416 e. The van der Waals surface area contributed by atoms with Crippen molar-refractivity contribution < 1.29 is 18.0 Å². The third kappa shape index (κ3) is 7.90. The molecule has 0 radical (unpaired) electrons. The standard InChI is InChI=1S/C22H28F3N3O.C2H6/c1-15-7-8-17(13-16(15)2)21(29)26-19-10-9-18(22(23,24)25)14-20(19)28(5)12-6-11-27(3)4;1-2/h7-10,13-14H,6,11-12H2,1-5H3,(H,26,29);1-2H3. The Hall–Kier alpha value is -2.54. The second-order valence-corrected chi connectivity index (χ2v) is 7.56. The van der Waals surface area contributed by atoms with E-state index in [1.807, 2.05) is 52.8 Å². The Labute approximate surface area is 184 Å². The normalized spacial score (nSPS) is 11.1. The van der Waals surface area contributed by atoms with Gasteiger partial charge in [0.15, 0.2) is 0 Å². The van der Waals surface area contributed by atoms with Gasteiger partial charge in [-0.1, -0.05) is 19.9 Å². The lowest BCUT2D eigenvalue weighted by Gasteiger charge is -2.24. The third-order valence-electron chi connectivity index (χ3n) is 4.85. The van der Waals surface area contributed by atoms with Crippen LogP contribution in [0.15, 0.2) is 36.4 Å². The molecule has 4 nitrogen and oxygen atoms in total. The van der Waals surface area contributed by atoms with Gasteiger partial charge >= 0.3 is 6.18 Å². The van der Waals surface area contributed by atoms with E-state index in [0.717, 1.165) is 36.2 Å². The van der Waals surface area contributed by atoms with E-state index in [9.17, 15) is 18.0 Å². The van der Waals surface area contributed by atoms with Crippen LogP contribution in [0.2, 0.25) is 0 Å². The average Bonchev–Trinajstić information content (AvgIpc) is 2.70. The molecule has 7 heteroatoms. The van der Waals surface area contributed by atoms with Crippen LogP contribution in [-0.4, -0.2) is 45.0 Å². The largest absolute Gasteiger partial charge is 0.416 e. The Kier molecular flexibility index (Phi) is 10.0. The molecule has 2 aromatic carbocycles. The van der Waals surface area contributed by atoms with Crippen molar-refractivity contribution in [2.75, 3.05) is 44.4 Å². The molecule has 31 heavy (non-hydrogen) atoms. The summed E-state index contributed by atoms with van der Waals surface area (Å²) in [6.45, 7) is 9.24. The van der Waals surface area contributed by atoms with Gasteiger partial charge in [0, 0.05) is 19.2 Å². The molecule has 0 bridgehead atoms. The minimum absolute atomic E-state index is 0.343. The van der Waals surface area contributed by atoms with Gasteiger partial charge in [0.2, 0.25) is 0 Å². The van der Waals surface area contributed by atoms with E-state index in [2.05, 4.69) is 5.32 Å². The first kappa shape index (κ1) is 26.5. The number of nitrogens with one attached hydrogen (secondary N) is 1. The maximum absolute atomic E-state index is 13.2. The first-order chi connectivity index (χ1) is 14.5. The second-order valence-electron chi connectivity index (χ2n) is 7.56. The van der Waals surface area contributed by atoms with Gasteiger partial charge in [0.25, 0.3) is 5.91 Å². The number of hydrogen-bond donors (Lipinski definition) is 1. The molecule has 0 aliphatic carbocycles. The number of carbonyl (C=O) groups is 1. The number of halogens is 3. The molecule has 1 amide bonds. The van der Waals surface area contributed by atoms with Crippen LogP contribution in [0.25, 0.3) is 0 Å². The van der Waals surface area contributed by atoms with Crippen LogP contribution in [0.4, 0.5) is 24.5 Å². The van der Waals surface area contributed by atoms with Crippen LogP contribution >= 0.6 is 0 Å². The van der Waals surface area contributed by atoms with Gasteiger partial charge in [-0.15, -0.1) is 0 Å². The van der Waals surface area contributed by atoms with Crippen LogP contribution < -0.4 is 10.2 Å². The summed E-state index contributed by atoms with van der Waals surface area (Å²) in [4.78, 5) is 16.4. The number of amides is 1. The van der Waals surface area contributed by atoms with E-state index >= 15 is 0 Å². The van der Waals surface area contributed by atoms with Crippen molar-refractivity contribution in [3.8, 4) is 0 Å². The van der Waals surface area contributed by atoms with E-state index in [4.69, 9.17) is 0 Å². The molecule has 0 atom stereocenters. The van der Waals surface area contributed by atoms with Gasteiger partial charge in [-0.3, -0.25) is 4.79 Å². The van der Waals surface area contributed by atoms with Gasteiger partial charge < -0.3 is 15.1 Å². The summed E-state index contributed by atoms with van der Waals surface area (Å²) in [7, 11) is 5.62. The SMILES string of the molecule is CC.Cc1ccc(C(=O)Nc2ccc(C(F)(F)F)cc2N(C)CCCN(C)C)cc1C. The van der Waals surface area contributed by atoms with Crippen molar-refractivity contribution in [1.82, 2.24) is 4.90 Å². The Morgan fingerprint density at radius 3 is 2.13 bits per heavy atom. The van der Waals surface area contributed by atoms with Crippen LogP contribution in [0, 0.1) is 13.8 Å². The molecule has 0 aromatic heterocycles. The summed E-state index contributed by atoms with van der Waals surface area (Å²) in [6.07, 6.45) is -3.67. The second kappa shape index (κ2) is 11.7. The minimum atomic E-state index is -4.45. The quantitative estimate of drug-likeness (QED) is 0.578. The molecule has 0 aliphatic rings. The highest BCUT2D eigenvalue weighted by atomic mass is 19.4. The monoisotopic (exact) mass is 437 g/mol. The number of carbonyl (C=O) groups excluding carboxylic acids is 1. The molecule has 1 N–H and O–H groups in total. The van der Waals surface area contributed by atoms with Crippen molar-refractivity contribution in [2.45, 2.75) is 40.3 Å². The highest BCUT2D eigenvalue weighted by Gasteiger charge is 2.31. The van der Waals surface area contributed by atoms with Crippen molar-refractivity contribution in [1.29, 1.82) is 0 Å². The molecule has 0 heterocycles. The van der Waals surface area contributed by atoms with Gasteiger partial charge in [-0.2, -0.15) is 13.2 Å². The van der Waals surface area contributed by atoms with Crippen LogP contribution in [0.1, 0.15) is 47.3 Å². The molecule has 0 saturated carbocycles. The number of rotatable bonds is 7. The van der Waals surface area contributed by atoms with Gasteiger partial charge in [0.1, 0.15) is 0 Å². The number of hydrogen-bond acceptors (Lipinski definition) is 3. The molecule has 0 saturated heterocycles. The van der Waals surface area contributed by atoms with Gasteiger partial charge in [0.05, 0.1) is 16.9 Å². The van der Waals surface area contributed by atoms with E-state index in [1.54, 1.807) is 24.1 Å². The first-order valence-electron chi connectivity index (χ1n) is 10.4. The molecule has 2 aromatic rings. The van der Waals surface area contributed by atoms with E-state index in [0.29, 0.717) is 23.5 Å². The van der Waals surface area contributed by atoms with Gasteiger partial charge in [-0.25, -0.2) is 0 Å². The molecule has 0 fully saturated rings. The zero-order valence-corrected chi connectivity index (χ0v) is 19.5. The van der Waals surface area contributed by atoms with Crippen LogP contribution in [-0.2, 0) is 6.18 Å². The lowest BCUT2D eigenvalue weighted by molar-refractivity contribution is -0.137. The highest BCUT2D eigenvalue weighted by Crippen LogP contribution is 2.35. The lowest BCUT2D eigenvalue weighted by Crippen LogP contribution is -2.25. The smallest absolute Gasteiger partial charge is 0.373 e. The zero-order valence-electron chi connectivity index (χ0n) is 19.5. The lowest BCUT2D eigenvalue weighted by atomic mass is 10.1. The predicted octanol–water partition coefficient (Wildman–Crippen LogP) is 5.99. The summed E-state index contributed by atoms with van der Waals surface area (Å²) < 4.78 is 39.7. The number of anilines is 2. The first-order valence-corrected chi connectivity index (χ1v) is 10.4. The fourth-order valence-electron chi connectivity index (χ4n) is 2.95. The fraction of sp³-hybridized carbons (Fsp3) is 0.458. The average molecular weight is 438 g/mol. The summed E-state index contributed by atoms with van der Waals surface area (Å²) in [5.74, 6) is -0.351. The summed E-state index contributed by atoms with van der Waals surface area (Å²) in [5.41, 5.74) is 2.47. The molecule has 0 unspecified atom stereocenters. The number of nitrogens with zero attached hydrogens (tertiary/aromatic N) is 2. The summed E-state index contributed by atoms with van der Waals surface area (Å²) in [6, 6.07) is 8.74. The highest BCUT2D eigenvalue weighted by molar-refractivity contribution is 6.06. The number of benzene rings is 2. The fourth-order valence-corrected chi connectivity index (χ4v) is 2.95. The Morgan fingerprint density at radius 2 is 1.58 bits per heavy atom. The Bertz CT molecular complexity index is 864. The van der Waals surface area contributed by atoms with Gasteiger partial charge in [-0.05, 0) is 82.4 Å². The topological polar surface area (TPSA) is 35.6 Å². The molecule has 0 aliphatic heterocycles. The third-order valence-corrected chi connectivity index (χ3v) is 4.85. The van der Waals surface area contributed by atoms with E-state index < -0.39 is 11.7 Å². The zero-order chi connectivity index (χ0) is 23.8. The molecule has 172 valence electrons. The predicted molar refractivity (Wildman–Crippen MR) is 123 cm³/mol. The van der Waals surface area contributed by atoms with Crippen molar-refractivity contribution in [2.24, 2.45) is 0 Å². The Morgan fingerprint density at radius 1 is 0.935 bits per heavy atom. The summed E-state index contributed by atoms with van der Waals surface area (Å²) >= 11 is 0. The van der Waals surface area contributed by atoms with Crippen molar-refractivity contribution in [3.63, 3.8) is 0 Å². The molecule has 2 rings (SSSR count). The van der Waals surface area contributed by atoms with Crippen LogP contribution in [0.5, 0.6) is 0 Å². The minimum Gasteiger partial charge on any atom is -0.373 e. The molecular weight excluding hydrogens is 403 g/mol. The maximum atomic E-state index is 13.2. The van der Waals surface area contributed by atoms with E-state index in [1.165, 1.54) is 6.07 Å². The number of aryl methyl sites for hydroxylation is 2. The van der Waals surface area contributed by atoms with Crippen LogP contribution in [0.3, 0.4) is 0 Å².